The van der Waals surface area contributed by atoms with E-state index in [9.17, 15) is 19.5 Å². The normalized spacial score (nSPS) is 11.7. The van der Waals surface area contributed by atoms with Crippen LogP contribution in [0.2, 0.25) is 0 Å². The maximum absolute atomic E-state index is 13.0. The monoisotopic (exact) mass is 1150 g/mol. The third-order valence-corrected chi connectivity index (χ3v) is 17.7. The van der Waals surface area contributed by atoms with Crippen LogP contribution in [0.1, 0.15) is 425 Å². The highest BCUT2D eigenvalue weighted by Crippen LogP contribution is 2.23. The molecule has 0 saturated carbocycles. The van der Waals surface area contributed by atoms with Crippen LogP contribution < -0.4 is 0 Å². The van der Waals surface area contributed by atoms with Crippen LogP contribution >= 0.6 is 0 Å². The van der Waals surface area contributed by atoms with Crippen LogP contribution in [0, 0.1) is 5.41 Å². The zero-order chi connectivity index (χ0) is 58.7. The molecule has 0 aromatic heterocycles. The van der Waals surface area contributed by atoms with Crippen molar-refractivity contribution in [1.29, 1.82) is 0 Å². The Morgan fingerprint density at radius 3 is 0.469 bits per heavy atom. The number of hydrogen-bond acceptors (Lipinski definition) is 7. The molecule has 0 amide bonds. The molecule has 0 unspecified atom stereocenters. The molecule has 0 aromatic rings. The fourth-order valence-corrected chi connectivity index (χ4v) is 11.8. The van der Waals surface area contributed by atoms with E-state index in [0.29, 0.717) is 19.3 Å². The zero-order valence-corrected chi connectivity index (χ0v) is 55.3. The Kier molecular flexibility index (Phi) is 66.1. The van der Waals surface area contributed by atoms with Gasteiger partial charge in [0.2, 0.25) is 0 Å². The van der Waals surface area contributed by atoms with Gasteiger partial charge < -0.3 is 19.3 Å². The number of ether oxygens (including phenoxy) is 3. The predicted molar refractivity (Wildman–Crippen MR) is 350 cm³/mol. The highest BCUT2D eigenvalue weighted by molar-refractivity contribution is 5.70. The number of aliphatic hydroxyl groups excluding tert-OH is 1. The van der Waals surface area contributed by atoms with Crippen molar-refractivity contribution >= 4 is 17.9 Å². The van der Waals surface area contributed by atoms with E-state index < -0.39 is 12.0 Å². The molecule has 0 bridgehead atoms. The molecule has 0 aliphatic carbocycles. The summed E-state index contributed by atoms with van der Waals surface area (Å²) in [6, 6.07) is 0. The molecule has 0 aliphatic rings. The molecule has 0 radical (unpaired) electrons. The average molecular weight is 1150 g/mol. The lowest BCUT2D eigenvalue weighted by atomic mass is 9.92. The van der Waals surface area contributed by atoms with E-state index in [2.05, 4.69) is 20.8 Å². The number of rotatable bonds is 70. The molecule has 482 valence electrons. The molecular weight excluding hydrogens is 1000 g/mol. The van der Waals surface area contributed by atoms with Crippen molar-refractivity contribution in [3.8, 4) is 0 Å². The topological polar surface area (TPSA) is 99.1 Å². The van der Waals surface area contributed by atoms with Crippen LogP contribution in [0.3, 0.4) is 0 Å². The SMILES string of the molecule is CCCCCCCCCCCCCCCCCCCCCCC(=O)OCC(CO)(COC(=O)CCCCCCCCCCCCCCCCCCCCCC)COC(=O)CCCCCCCCCCCCCCCCCCCCCC. The van der Waals surface area contributed by atoms with Gasteiger partial charge in [-0.3, -0.25) is 14.4 Å². The fraction of sp³-hybridized carbons (Fsp3) is 0.959. The van der Waals surface area contributed by atoms with Gasteiger partial charge in [0.25, 0.3) is 0 Å². The molecule has 81 heavy (non-hydrogen) atoms. The van der Waals surface area contributed by atoms with Gasteiger partial charge >= 0.3 is 17.9 Å². The molecule has 0 spiro atoms. The summed E-state index contributed by atoms with van der Waals surface area (Å²) < 4.78 is 17.2. The molecule has 7 nitrogen and oxygen atoms in total. The molecule has 0 heterocycles. The lowest BCUT2D eigenvalue weighted by Gasteiger charge is -2.30. The van der Waals surface area contributed by atoms with Gasteiger partial charge in [-0.25, -0.2) is 0 Å². The number of carbonyl (C=O) groups is 3. The molecule has 1 N–H and O–H groups in total. The first-order valence-electron chi connectivity index (χ1n) is 37.0. The van der Waals surface area contributed by atoms with Gasteiger partial charge in [-0.1, -0.05) is 387 Å². The smallest absolute Gasteiger partial charge is 0.305 e. The Labute approximate surface area is 506 Å². The minimum Gasteiger partial charge on any atom is -0.465 e. The van der Waals surface area contributed by atoms with E-state index in [1.54, 1.807) is 0 Å². The van der Waals surface area contributed by atoms with E-state index in [-0.39, 0.29) is 37.7 Å². The van der Waals surface area contributed by atoms with Crippen molar-refractivity contribution in [2.75, 3.05) is 26.4 Å². The van der Waals surface area contributed by atoms with Gasteiger partial charge in [-0.05, 0) is 19.3 Å². The molecule has 0 aliphatic heterocycles. The summed E-state index contributed by atoms with van der Waals surface area (Å²) in [7, 11) is 0. The second-order valence-electron chi connectivity index (χ2n) is 26.0. The highest BCUT2D eigenvalue weighted by atomic mass is 16.6. The Morgan fingerprint density at radius 1 is 0.222 bits per heavy atom. The van der Waals surface area contributed by atoms with Gasteiger partial charge in [0.1, 0.15) is 19.8 Å². The van der Waals surface area contributed by atoms with Crippen LogP contribution in [0.15, 0.2) is 0 Å². The minimum atomic E-state index is -1.19. The number of aliphatic hydroxyl groups is 1. The molecule has 0 aromatic carbocycles. The highest BCUT2D eigenvalue weighted by Gasteiger charge is 2.35. The van der Waals surface area contributed by atoms with E-state index >= 15 is 0 Å². The van der Waals surface area contributed by atoms with Gasteiger partial charge in [0, 0.05) is 19.3 Å². The van der Waals surface area contributed by atoms with E-state index in [0.717, 1.165) is 57.8 Å². The summed E-state index contributed by atoms with van der Waals surface area (Å²) >= 11 is 0. The van der Waals surface area contributed by atoms with Crippen LogP contribution in [0.5, 0.6) is 0 Å². The summed E-state index contributed by atoms with van der Waals surface area (Å²) in [6.07, 6.45) is 79.6. The molecule has 0 atom stereocenters. The maximum atomic E-state index is 13.0. The van der Waals surface area contributed by atoms with Crippen molar-refractivity contribution in [3.63, 3.8) is 0 Å². The summed E-state index contributed by atoms with van der Waals surface area (Å²) in [6.45, 7) is 5.99. The summed E-state index contributed by atoms with van der Waals surface area (Å²) in [5.41, 5.74) is -1.19. The van der Waals surface area contributed by atoms with Gasteiger partial charge in [-0.2, -0.15) is 0 Å². The van der Waals surface area contributed by atoms with Crippen molar-refractivity contribution in [2.45, 2.75) is 425 Å². The van der Waals surface area contributed by atoms with Crippen molar-refractivity contribution in [2.24, 2.45) is 5.41 Å². The quantitative estimate of drug-likeness (QED) is 0.0368. The Hall–Kier alpha value is -1.63. The van der Waals surface area contributed by atoms with Gasteiger partial charge in [0.05, 0.1) is 12.0 Å². The van der Waals surface area contributed by atoms with Gasteiger partial charge in [-0.15, -0.1) is 0 Å². The third kappa shape index (κ3) is 62.7. The lowest BCUT2D eigenvalue weighted by molar-refractivity contribution is -0.165. The Morgan fingerprint density at radius 2 is 0.346 bits per heavy atom. The molecular formula is C74H144O7. The fourth-order valence-electron chi connectivity index (χ4n) is 11.8. The Balaban J connectivity index is 4.46. The zero-order valence-electron chi connectivity index (χ0n) is 55.3. The van der Waals surface area contributed by atoms with Crippen LogP contribution in [-0.2, 0) is 28.6 Å². The van der Waals surface area contributed by atoms with E-state index in [1.807, 2.05) is 0 Å². The predicted octanol–water partition coefficient (Wildman–Crippen LogP) is 24.2. The first-order chi connectivity index (χ1) is 39.9. The van der Waals surface area contributed by atoms with E-state index in [4.69, 9.17) is 14.2 Å². The summed E-state index contributed by atoms with van der Waals surface area (Å²) in [5.74, 6) is -0.954. The van der Waals surface area contributed by atoms with Crippen molar-refractivity contribution in [3.05, 3.63) is 0 Å². The Bertz CT molecular complexity index is 1110. The summed E-state index contributed by atoms with van der Waals surface area (Å²) in [5, 5.41) is 10.7. The number of unbranched alkanes of at least 4 members (excludes halogenated alkanes) is 57. The second-order valence-corrected chi connectivity index (χ2v) is 26.0. The maximum Gasteiger partial charge on any atom is 0.305 e. The molecule has 0 rings (SSSR count). The number of carbonyl (C=O) groups excluding carboxylic acids is 3. The van der Waals surface area contributed by atoms with E-state index in [1.165, 1.54) is 327 Å². The summed E-state index contributed by atoms with van der Waals surface area (Å²) in [4.78, 5) is 38.9. The number of hydrogen-bond donors (Lipinski definition) is 1. The first kappa shape index (κ1) is 79.4. The third-order valence-electron chi connectivity index (χ3n) is 17.7. The minimum absolute atomic E-state index is 0.152. The van der Waals surface area contributed by atoms with Crippen molar-refractivity contribution < 1.29 is 33.7 Å². The largest absolute Gasteiger partial charge is 0.465 e. The molecule has 7 heteroatoms. The number of esters is 3. The van der Waals surface area contributed by atoms with Crippen LogP contribution in [0.25, 0.3) is 0 Å². The molecule has 0 saturated heterocycles. The van der Waals surface area contributed by atoms with Crippen LogP contribution in [-0.4, -0.2) is 49.4 Å². The standard InChI is InChI=1S/C74H144O7/c1-4-7-10-13-16-19-22-25-28-31-34-37-40-43-46-49-52-55-58-61-64-71(76)79-68-74(67-75,69-80-72(77)65-62-59-56-53-50-47-44-41-38-35-32-29-26-23-20-17-14-11-8-5-2)70-81-73(78)66-63-60-57-54-51-48-45-42-39-36-33-30-27-24-21-18-15-12-9-6-3/h75H,4-70H2,1-3H3. The average Bonchev–Trinajstić information content (AvgIpc) is 3.48. The second kappa shape index (κ2) is 67.5. The molecule has 0 fully saturated rings. The first-order valence-corrected chi connectivity index (χ1v) is 37.0. The van der Waals surface area contributed by atoms with Gasteiger partial charge in [0.15, 0.2) is 0 Å². The van der Waals surface area contributed by atoms with Crippen molar-refractivity contribution in [1.82, 2.24) is 0 Å². The van der Waals surface area contributed by atoms with Crippen LogP contribution in [0.4, 0.5) is 0 Å². The lowest BCUT2D eigenvalue weighted by Crippen LogP contribution is -2.42.